The Balaban J connectivity index is 2.03. The van der Waals surface area contributed by atoms with Gasteiger partial charge in [0.25, 0.3) is 0 Å². The van der Waals surface area contributed by atoms with Crippen LogP contribution >= 0.6 is 23.1 Å². The molecule has 17 heavy (non-hydrogen) atoms. The second-order valence-corrected chi connectivity index (χ2v) is 6.01. The number of thioether (sulfide) groups is 1. The lowest BCUT2D eigenvalue weighted by Crippen LogP contribution is -2.00. The van der Waals surface area contributed by atoms with Crippen LogP contribution in [0.2, 0.25) is 0 Å². The minimum absolute atomic E-state index is 0.797. The zero-order valence-corrected chi connectivity index (χ0v) is 11.7. The van der Waals surface area contributed by atoms with Crippen LogP contribution in [0.3, 0.4) is 0 Å². The van der Waals surface area contributed by atoms with Crippen LogP contribution < -0.4 is 5.32 Å². The molecule has 0 saturated heterocycles. The molecule has 90 valence electrons. The Morgan fingerprint density at radius 2 is 2.18 bits per heavy atom. The van der Waals surface area contributed by atoms with Crippen LogP contribution in [-0.4, -0.2) is 10.7 Å². The number of hydrogen-bond donors (Lipinski definition) is 1. The standard InChI is InChI=1S/C13H16N2S2/c1-3-16-13-7-5-4-6-12(13)14-8-11-9-17-10(2)15-11/h4-7,9,14H,3,8H2,1-2H3. The highest BCUT2D eigenvalue weighted by Crippen LogP contribution is 2.27. The van der Waals surface area contributed by atoms with E-state index in [9.17, 15) is 0 Å². The second kappa shape index (κ2) is 6.07. The third-order valence-electron chi connectivity index (χ3n) is 2.31. The number of para-hydroxylation sites is 1. The molecule has 2 aromatic rings. The summed E-state index contributed by atoms with van der Waals surface area (Å²) in [4.78, 5) is 5.76. The van der Waals surface area contributed by atoms with Gasteiger partial charge in [-0.25, -0.2) is 4.98 Å². The Morgan fingerprint density at radius 3 is 2.88 bits per heavy atom. The summed E-state index contributed by atoms with van der Waals surface area (Å²) in [5.74, 6) is 1.09. The topological polar surface area (TPSA) is 24.9 Å². The summed E-state index contributed by atoms with van der Waals surface area (Å²) in [5, 5.41) is 6.68. The first-order valence-electron chi connectivity index (χ1n) is 5.66. The number of rotatable bonds is 5. The monoisotopic (exact) mass is 264 g/mol. The van der Waals surface area contributed by atoms with E-state index in [1.807, 2.05) is 18.7 Å². The van der Waals surface area contributed by atoms with Gasteiger partial charge in [0.2, 0.25) is 0 Å². The number of thiazole rings is 1. The van der Waals surface area contributed by atoms with Gasteiger partial charge >= 0.3 is 0 Å². The van der Waals surface area contributed by atoms with Crippen LogP contribution in [0, 0.1) is 6.92 Å². The summed E-state index contributed by atoms with van der Waals surface area (Å²) in [6.07, 6.45) is 0. The molecule has 1 heterocycles. The van der Waals surface area contributed by atoms with E-state index < -0.39 is 0 Å². The van der Waals surface area contributed by atoms with Crippen molar-refractivity contribution >= 4 is 28.8 Å². The van der Waals surface area contributed by atoms with E-state index in [1.54, 1.807) is 11.3 Å². The average molecular weight is 264 g/mol. The predicted octanol–water partition coefficient (Wildman–Crippen LogP) is 4.18. The summed E-state index contributed by atoms with van der Waals surface area (Å²) in [6.45, 7) is 5.01. The number of hydrogen-bond acceptors (Lipinski definition) is 4. The predicted molar refractivity (Wildman–Crippen MR) is 77.0 cm³/mol. The SMILES string of the molecule is CCSc1ccccc1NCc1csc(C)n1. The van der Waals surface area contributed by atoms with Crippen molar-refractivity contribution in [2.75, 3.05) is 11.1 Å². The van der Waals surface area contributed by atoms with Crippen LogP contribution in [-0.2, 0) is 6.54 Å². The molecule has 4 heteroatoms. The Bertz CT molecular complexity index is 480. The molecule has 0 bridgehead atoms. The normalized spacial score (nSPS) is 10.5. The Morgan fingerprint density at radius 1 is 1.35 bits per heavy atom. The molecular weight excluding hydrogens is 248 g/mol. The molecule has 2 nitrogen and oxygen atoms in total. The lowest BCUT2D eigenvalue weighted by atomic mass is 10.3. The minimum Gasteiger partial charge on any atom is -0.378 e. The van der Waals surface area contributed by atoms with Crippen molar-refractivity contribution in [3.8, 4) is 0 Å². The van der Waals surface area contributed by atoms with Gasteiger partial charge in [-0.2, -0.15) is 0 Å². The highest BCUT2D eigenvalue weighted by Gasteiger charge is 2.02. The van der Waals surface area contributed by atoms with Gasteiger partial charge in [0.15, 0.2) is 0 Å². The fourth-order valence-electron chi connectivity index (χ4n) is 1.57. The summed E-state index contributed by atoms with van der Waals surface area (Å²) in [5.41, 5.74) is 2.31. The zero-order valence-electron chi connectivity index (χ0n) is 10.1. The summed E-state index contributed by atoms with van der Waals surface area (Å²) in [6, 6.07) is 8.42. The van der Waals surface area contributed by atoms with Crippen molar-refractivity contribution < 1.29 is 0 Å². The van der Waals surface area contributed by atoms with E-state index >= 15 is 0 Å². The Labute approximate surface area is 110 Å². The molecule has 0 unspecified atom stereocenters. The molecule has 0 aliphatic rings. The first-order valence-corrected chi connectivity index (χ1v) is 7.53. The van der Waals surface area contributed by atoms with Gasteiger partial charge in [-0.15, -0.1) is 23.1 Å². The summed E-state index contributed by atoms with van der Waals surface area (Å²) in [7, 11) is 0. The molecule has 1 N–H and O–H groups in total. The maximum absolute atomic E-state index is 4.45. The Hall–Kier alpha value is -1.00. The molecule has 0 aliphatic carbocycles. The number of aryl methyl sites for hydroxylation is 1. The largest absolute Gasteiger partial charge is 0.378 e. The van der Waals surface area contributed by atoms with Gasteiger partial charge in [0.1, 0.15) is 0 Å². The smallest absolute Gasteiger partial charge is 0.0898 e. The van der Waals surface area contributed by atoms with Crippen LogP contribution in [0.25, 0.3) is 0 Å². The number of nitrogens with zero attached hydrogens (tertiary/aromatic N) is 1. The molecule has 1 aromatic heterocycles. The fraction of sp³-hybridized carbons (Fsp3) is 0.308. The van der Waals surface area contributed by atoms with E-state index in [0.29, 0.717) is 0 Å². The highest BCUT2D eigenvalue weighted by atomic mass is 32.2. The lowest BCUT2D eigenvalue weighted by Gasteiger charge is -2.09. The lowest BCUT2D eigenvalue weighted by molar-refractivity contribution is 1.05. The van der Waals surface area contributed by atoms with E-state index in [1.165, 1.54) is 10.6 Å². The van der Waals surface area contributed by atoms with E-state index in [4.69, 9.17) is 0 Å². The molecule has 0 atom stereocenters. The highest BCUT2D eigenvalue weighted by molar-refractivity contribution is 7.99. The third kappa shape index (κ3) is 3.48. The molecule has 0 aliphatic heterocycles. The molecule has 0 saturated carbocycles. The van der Waals surface area contributed by atoms with E-state index in [-0.39, 0.29) is 0 Å². The quantitative estimate of drug-likeness (QED) is 0.820. The van der Waals surface area contributed by atoms with Gasteiger partial charge in [0, 0.05) is 16.0 Å². The van der Waals surface area contributed by atoms with E-state index in [2.05, 4.69) is 46.9 Å². The van der Waals surface area contributed by atoms with Gasteiger partial charge in [-0.05, 0) is 24.8 Å². The van der Waals surface area contributed by atoms with Crippen molar-refractivity contribution in [1.29, 1.82) is 0 Å². The molecule has 0 fully saturated rings. The zero-order chi connectivity index (χ0) is 12.1. The van der Waals surface area contributed by atoms with E-state index in [0.717, 1.165) is 23.0 Å². The summed E-state index contributed by atoms with van der Waals surface area (Å²) >= 11 is 3.56. The maximum Gasteiger partial charge on any atom is 0.0898 e. The Kier molecular flexibility index (Phi) is 4.45. The maximum atomic E-state index is 4.45. The molecule has 0 radical (unpaired) electrons. The van der Waals surface area contributed by atoms with Crippen LogP contribution in [0.1, 0.15) is 17.6 Å². The van der Waals surface area contributed by atoms with Crippen molar-refractivity contribution in [2.24, 2.45) is 0 Å². The van der Waals surface area contributed by atoms with Crippen LogP contribution in [0.15, 0.2) is 34.5 Å². The molecule has 0 amide bonds. The number of anilines is 1. The van der Waals surface area contributed by atoms with Crippen molar-refractivity contribution in [2.45, 2.75) is 25.3 Å². The fourth-order valence-corrected chi connectivity index (χ4v) is 2.96. The number of benzene rings is 1. The van der Waals surface area contributed by atoms with Crippen molar-refractivity contribution in [3.63, 3.8) is 0 Å². The van der Waals surface area contributed by atoms with Crippen LogP contribution in [0.5, 0.6) is 0 Å². The molecule has 2 rings (SSSR count). The molecular formula is C13H16N2S2. The van der Waals surface area contributed by atoms with Gasteiger partial charge in [-0.3, -0.25) is 0 Å². The average Bonchev–Trinajstić information content (AvgIpc) is 2.74. The number of nitrogens with one attached hydrogen (secondary N) is 1. The second-order valence-electron chi connectivity index (χ2n) is 3.64. The molecule has 0 spiro atoms. The first-order chi connectivity index (χ1) is 8.29. The van der Waals surface area contributed by atoms with Crippen molar-refractivity contribution in [3.05, 3.63) is 40.3 Å². The number of aromatic nitrogens is 1. The van der Waals surface area contributed by atoms with Crippen LogP contribution in [0.4, 0.5) is 5.69 Å². The van der Waals surface area contributed by atoms with Crippen molar-refractivity contribution in [1.82, 2.24) is 4.98 Å². The minimum atomic E-state index is 0.797. The summed E-state index contributed by atoms with van der Waals surface area (Å²) < 4.78 is 0. The molecule has 1 aromatic carbocycles. The first kappa shape index (κ1) is 12.5. The van der Waals surface area contributed by atoms with Gasteiger partial charge in [0.05, 0.1) is 17.2 Å². The third-order valence-corrected chi connectivity index (χ3v) is 4.09. The van der Waals surface area contributed by atoms with Gasteiger partial charge < -0.3 is 5.32 Å². The van der Waals surface area contributed by atoms with Gasteiger partial charge in [-0.1, -0.05) is 19.1 Å².